The zero-order valence-corrected chi connectivity index (χ0v) is 12.9. The van der Waals surface area contributed by atoms with Gasteiger partial charge >= 0.3 is 0 Å². The van der Waals surface area contributed by atoms with Gasteiger partial charge in [0.1, 0.15) is 6.33 Å². The average Bonchev–Trinajstić information content (AvgIpc) is 2.49. The van der Waals surface area contributed by atoms with Gasteiger partial charge in [0.25, 0.3) is 0 Å². The summed E-state index contributed by atoms with van der Waals surface area (Å²) >= 11 is 0. The highest BCUT2D eigenvalue weighted by Gasteiger charge is 2.52. The Bertz CT molecular complexity index is 566. The van der Waals surface area contributed by atoms with Crippen molar-refractivity contribution >= 4 is 5.57 Å². The third-order valence-electron chi connectivity index (χ3n) is 5.91. The van der Waals surface area contributed by atoms with Crippen molar-refractivity contribution in [2.75, 3.05) is 0 Å². The van der Waals surface area contributed by atoms with Gasteiger partial charge in [0.2, 0.25) is 0 Å². The minimum absolute atomic E-state index is 0.197. The molecule has 3 rings (SSSR count). The summed E-state index contributed by atoms with van der Waals surface area (Å²) < 4.78 is 0. The van der Waals surface area contributed by atoms with E-state index in [4.69, 9.17) is 0 Å². The molecule has 0 saturated carbocycles. The van der Waals surface area contributed by atoms with E-state index in [1.165, 1.54) is 16.8 Å². The summed E-state index contributed by atoms with van der Waals surface area (Å²) in [6, 6.07) is 0. The number of nitrogens with zero attached hydrogens (tertiary/aromatic N) is 2. The molecule has 0 radical (unpaired) electrons. The Balaban J connectivity index is 2.30. The van der Waals surface area contributed by atoms with Crippen LogP contribution in [0.25, 0.3) is 5.57 Å². The molecule has 0 bridgehead atoms. The minimum atomic E-state index is 0.197. The molecule has 1 heterocycles. The topological polar surface area (TPSA) is 25.8 Å². The van der Waals surface area contributed by atoms with Crippen LogP contribution in [-0.2, 0) is 0 Å². The minimum Gasteiger partial charge on any atom is -0.244 e. The molecule has 2 unspecified atom stereocenters. The highest BCUT2D eigenvalue weighted by Crippen LogP contribution is 2.63. The predicted molar refractivity (Wildman–Crippen MR) is 78.7 cm³/mol. The Morgan fingerprint density at radius 3 is 2.47 bits per heavy atom. The Hall–Kier alpha value is -1.18. The molecule has 0 spiro atoms. The zero-order chi connectivity index (χ0) is 14.0. The molecule has 2 aliphatic rings. The summed E-state index contributed by atoms with van der Waals surface area (Å²) in [7, 11) is 0. The quantitative estimate of drug-likeness (QED) is 0.686. The normalized spacial score (nSPS) is 31.1. The second kappa shape index (κ2) is 3.68. The maximum Gasteiger partial charge on any atom is 0.116 e. The lowest BCUT2D eigenvalue weighted by Crippen LogP contribution is -2.27. The molecule has 2 atom stereocenters. The number of allylic oxidation sites excluding steroid dienone is 2. The van der Waals surface area contributed by atoms with Crippen LogP contribution in [0.5, 0.6) is 0 Å². The molecule has 0 fully saturated rings. The fraction of sp³-hybridized carbons (Fsp3) is 0.647. The van der Waals surface area contributed by atoms with Gasteiger partial charge in [0.05, 0.1) is 5.69 Å². The number of rotatable bonds is 0. The number of hydrogen-bond donors (Lipinski definition) is 0. The molecule has 0 aromatic carbocycles. The average molecular weight is 256 g/mol. The van der Waals surface area contributed by atoms with Gasteiger partial charge in [-0.2, -0.15) is 0 Å². The summed E-state index contributed by atoms with van der Waals surface area (Å²) in [5, 5.41) is 0. The maximum atomic E-state index is 4.64. The van der Waals surface area contributed by atoms with Gasteiger partial charge in [-0.25, -0.2) is 9.97 Å². The zero-order valence-electron chi connectivity index (χ0n) is 12.9. The second-order valence-electron chi connectivity index (χ2n) is 7.45. The number of fused-ring (bicyclic) bond motifs is 2. The van der Waals surface area contributed by atoms with E-state index in [9.17, 15) is 0 Å². The summed E-state index contributed by atoms with van der Waals surface area (Å²) in [6.45, 7) is 14.3. The van der Waals surface area contributed by atoms with Crippen LogP contribution < -0.4 is 0 Å². The van der Waals surface area contributed by atoms with E-state index in [0.29, 0.717) is 11.8 Å². The smallest absolute Gasteiger partial charge is 0.116 e. The Morgan fingerprint density at radius 1 is 1.11 bits per heavy atom. The van der Waals surface area contributed by atoms with Crippen molar-refractivity contribution in [2.45, 2.75) is 53.9 Å². The molecular formula is C17H24N2. The molecule has 19 heavy (non-hydrogen) atoms. The fourth-order valence-electron chi connectivity index (χ4n) is 4.23. The summed E-state index contributed by atoms with van der Waals surface area (Å²) in [4.78, 5) is 8.87. The van der Waals surface area contributed by atoms with E-state index in [0.717, 1.165) is 6.42 Å². The van der Waals surface area contributed by atoms with Gasteiger partial charge in [-0.3, -0.25) is 0 Å². The van der Waals surface area contributed by atoms with Crippen LogP contribution in [0.2, 0.25) is 0 Å². The summed E-state index contributed by atoms with van der Waals surface area (Å²) in [6.07, 6.45) is 4.88. The summed E-state index contributed by atoms with van der Waals surface area (Å²) in [5.74, 6) is 1.17. The first kappa shape index (κ1) is 12.8. The molecule has 0 aliphatic heterocycles. The molecule has 2 aliphatic carbocycles. The Kier molecular flexibility index (Phi) is 2.49. The van der Waals surface area contributed by atoms with Crippen LogP contribution >= 0.6 is 0 Å². The number of hydrogen-bond acceptors (Lipinski definition) is 2. The van der Waals surface area contributed by atoms with Gasteiger partial charge in [-0.05, 0) is 40.2 Å². The van der Waals surface area contributed by atoms with Gasteiger partial charge in [-0.15, -0.1) is 0 Å². The molecule has 2 nitrogen and oxygen atoms in total. The van der Waals surface area contributed by atoms with E-state index in [-0.39, 0.29) is 10.8 Å². The fourth-order valence-corrected chi connectivity index (χ4v) is 4.23. The first-order valence-electron chi connectivity index (χ1n) is 7.32. The lowest BCUT2D eigenvalue weighted by Gasteiger charge is -2.34. The molecule has 1 aromatic rings. The van der Waals surface area contributed by atoms with Gasteiger partial charge in [-0.1, -0.05) is 47.1 Å². The van der Waals surface area contributed by atoms with E-state index in [1.54, 1.807) is 11.9 Å². The first-order valence-corrected chi connectivity index (χ1v) is 7.32. The van der Waals surface area contributed by atoms with Gasteiger partial charge in [0, 0.05) is 6.20 Å². The molecule has 2 heteroatoms. The first-order chi connectivity index (χ1) is 8.78. The molecule has 102 valence electrons. The van der Waals surface area contributed by atoms with Gasteiger partial charge < -0.3 is 0 Å². The predicted octanol–water partition coefficient (Wildman–Crippen LogP) is 4.44. The van der Waals surface area contributed by atoms with Crippen LogP contribution in [0, 0.1) is 16.7 Å². The van der Waals surface area contributed by atoms with Crippen LogP contribution in [0.1, 0.15) is 65.1 Å². The van der Waals surface area contributed by atoms with Crippen LogP contribution in [0.3, 0.4) is 0 Å². The Morgan fingerprint density at radius 2 is 1.79 bits per heavy atom. The van der Waals surface area contributed by atoms with Crippen molar-refractivity contribution in [1.82, 2.24) is 9.97 Å². The Labute approximate surface area is 116 Å². The lowest BCUT2D eigenvalue weighted by molar-refractivity contribution is 0.197. The van der Waals surface area contributed by atoms with Crippen LogP contribution in [-0.4, -0.2) is 9.97 Å². The lowest BCUT2D eigenvalue weighted by atomic mass is 9.69. The van der Waals surface area contributed by atoms with E-state index in [1.807, 2.05) is 6.20 Å². The molecule has 0 amide bonds. The van der Waals surface area contributed by atoms with Crippen molar-refractivity contribution in [3.05, 3.63) is 29.4 Å². The van der Waals surface area contributed by atoms with E-state index >= 15 is 0 Å². The van der Waals surface area contributed by atoms with Gasteiger partial charge in [0.15, 0.2) is 0 Å². The molecule has 1 aromatic heterocycles. The number of aromatic nitrogens is 2. The SMILES string of the molecule is CC1CC2=C(c3ncncc31)C(C)(C)C(C)C2(C)C. The van der Waals surface area contributed by atoms with Crippen molar-refractivity contribution in [2.24, 2.45) is 16.7 Å². The van der Waals surface area contributed by atoms with E-state index in [2.05, 4.69) is 51.5 Å². The van der Waals surface area contributed by atoms with E-state index < -0.39 is 0 Å². The third-order valence-corrected chi connectivity index (χ3v) is 5.91. The van der Waals surface area contributed by atoms with Crippen LogP contribution in [0.15, 0.2) is 18.1 Å². The molecule has 0 saturated heterocycles. The molecule has 0 N–H and O–H groups in total. The maximum absolute atomic E-state index is 4.64. The largest absolute Gasteiger partial charge is 0.244 e. The van der Waals surface area contributed by atoms with Crippen molar-refractivity contribution in [3.63, 3.8) is 0 Å². The van der Waals surface area contributed by atoms with Crippen molar-refractivity contribution < 1.29 is 0 Å². The van der Waals surface area contributed by atoms with Crippen molar-refractivity contribution in [3.8, 4) is 0 Å². The van der Waals surface area contributed by atoms with Crippen molar-refractivity contribution in [1.29, 1.82) is 0 Å². The standard InChI is InChI=1S/C17H24N2/c1-10-7-13-14(15-12(10)8-18-9-19-15)17(5,6)11(2)16(13,3)4/h8-11H,7H2,1-6H3. The van der Waals surface area contributed by atoms with Crippen LogP contribution in [0.4, 0.5) is 0 Å². The highest BCUT2D eigenvalue weighted by molar-refractivity contribution is 5.78. The highest BCUT2D eigenvalue weighted by atomic mass is 14.8. The monoisotopic (exact) mass is 256 g/mol. The second-order valence-corrected chi connectivity index (χ2v) is 7.45. The summed E-state index contributed by atoms with van der Waals surface area (Å²) in [5.41, 5.74) is 6.15. The molecular weight excluding hydrogens is 232 g/mol. The third kappa shape index (κ3) is 1.49.